The largest absolute Gasteiger partial charge is 0.415 e. The van der Waals surface area contributed by atoms with Gasteiger partial charge < -0.3 is 9.74 Å². The summed E-state index contributed by atoms with van der Waals surface area (Å²) in [6.45, 7) is 11.5. The van der Waals surface area contributed by atoms with Gasteiger partial charge in [0.25, 0.3) is 5.91 Å². The lowest BCUT2D eigenvalue weighted by Crippen LogP contribution is -2.43. The van der Waals surface area contributed by atoms with Crippen LogP contribution in [0.2, 0.25) is 18.1 Å². The van der Waals surface area contributed by atoms with Crippen molar-refractivity contribution in [3.05, 3.63) is 0 Å². The normalized spacial score (nSPS) is 20.9. The van der Waals surface area contributed by atoms with Crippen LogP contribution in [-0.2, 0) is 9.22 Å². The molecule has 0 aliphatic carbocycles. The molecule has 1 unspecified atom stereocenters. The van der Waals surface area contributed by atoms with Gasteiger partial charge in [0.05, 0.1) is 13.2 Å². The average Bonchev–Trinajstić information content (AvgIpc) is 2.54. The maximum absolute atomic E-state index is 11.9. The van der Waals surface area contributed by atoms with Crippen LogP contribution in [0.4, 0.5) is 4.79 Å². The fourth-order valence-electron chi connectivity index (χ4n) is 1.50. The Kier molecular flexibility index (Phi) is 5.19. The molecule has 19 heavy (non-hydrogen) atoms. The highest BCUT2D eigenvalue weighted by Gasteiger charge is 2.39. The highest BCUT2D eigenvalue weighted by atomic mass is 79.9. The topological polar surface area (TPSA) is 58.6 Å². The number of hydrogen-bond acceptors (Lipinski definition) is 3. The van der Waals surface area contributed by atoms with Crippen LogP contribution in [0.15, 0.2) is 0 Å². The smallest absolute Gasteiger partial charge is 0.324 e. The van der Waals surface area contributed by atoms with Crippen LogP contribution in [-0.4, -0.2) is 49.7 Å². The molecular weight excluding hydrogens is 328 g/mol. The van der Waals surface area contributed by atoms with E-state index in [1.165, 1.54) is 4.90 Å². The second-order valence-corrected chi connectivity index (χ2v) is 11.7. The number of urea groups is 1. The number of nitrogens with one attached hydrogen (secondary N) is 1. The van der Waals surface area contributed by atoms with E-state index >= 15 is 0 Å². The lowest BCUT2D eigenvalue weighted by molar-refractivity contribution is -0.127. The van der Waals surface area contributed by atoms with Crippen molar-refractivity contribution >= 4 is 36.2 Å². The van der Waals surface area contributed by atoms with Crippen LogP contribution in [0.25, 0.3) is 0 Å². The van der Waals surface area contributed by atoms with Crippen molar-refractivity contribution in [1.82, 2.24) is 10.2 Å². The van der Waals surface area contributed by atoms with Gasteiger partial charge in [0.15, 0.2) is 8.32 Å². The van der Waals surface area contributed by atoms with Crippen molar-refractivity contribution in [2.45, 2.75) is 44.9 Å². The van der Waals surface area contributed by atoms with Crippen LogP contribution >= 0.6 is 15.9 Å². The second kappa shape index (κ2) is 5.93. The summed E-state index contributed by atoms with van der Waals surface area (Å²) in [5.74, 6) is -0.180. The van der Waals surface area contributed by atoms with Crippen molar-refractivity contribution in [3.63, 3.8) is 0 Å². The van der Waals surface area contributed by atoms with E-state index in [9.17, 15) is 9.59 Å². The molecule has 5 nitrogen and oxygen atoms in total. The Bertz CT molecular complexity index is 368. The van der Waals surface area contributed by atoms with Gasteiger partial charge in [-0.1, -0.05) is 36.7 Å². The molecule has 1 fully saturated rings. The summed E-state index contributed by atoms with van der Waals surface area (Å²) < 4.78 is 5.97. The number of hydrogen-bond donors (Lipinski definition) is 1. The van der Waals surface area contributed by atoms with Gasteiger partial charge in [-0.2, -0.15) is 0 Å². The predicted octanol–water partition coefficient (Wildman–Crippen LogP) is 2.32. The van der Waals surface area contributed by atoms with Crippen molar-refractivity contribution in [1.29, 1.82) is 0 Å². The first-order chi connectivity index (χ1) is 8.60. The molecule has 3 amide bonds. The number of nitrogens with zero attached hydrogens (tertiary/aromatic N) is 1. The van der Waals surface area contributed by atoms with Gasteiger partial charge in [-0.15, -0.1) is 0 Å². The SMILES string of the molecule is CC(C)(C)[Si](C)(C)OCCN1C(=O)NC(CBr)C1=O. The standard InChI is InChI=1S/C12H23BrN2O3Si/c1-12(2,3)19(4,5)18-7-6-15-10(16)9(8-13)14-11(15)17/h9H,6-8H2,1-5H3,(H,14,17). The number of alkyl halides is 1. The van der Waals surface area contributed by atoms with E-state index < -0.39 is 14.4 Å². The van der Waals surface area contributed by atoms with E-state index in [4.69, 9.17) is 4.43 Å². The Labute approximate surface area is 124 Å². The fourth-order valence-corrected chi connectivity index (χ4v) is 2.98. The zero-order chi connectivity index (χ0) is 14.8. The molecule has 1 N–H and O–H groups in total. The predicted molar refractivity (Wildman–Crippen MR) is 81.0 cm³/mol. The molecule has 0 spiro atoms. The third-order valence-corrected chi connectivity index (χ3v) is 9.03. The van der Waals surface area contributed by atoms with Gasteiger partial charge >= 0.3 is 6.03 Å². The van der Waals surface area contributed by atoms with E-state index in [-0.39, 0.29) is 17.0 Å². The van der Waals surface area contributed by atoms with Crippen molar-refractivity contribution < 1.29 is 14.0 Å². The van der Waals surface area contributed by atoms with E-state index in [0.717, 1.165) is 0 Å². The van der Waals surface area contributed by atoms with E-state index in [1.807, 2.05) is 0 Å². The van der Waals surface area contributed by atoms with Crippen LogP contribution in [0.1, 0.15) is 20.8 Å². The molecule has 7 heteroatoms. The number of carbonyl (C=O) groups is 2. The molecule has 1 atom stereocenters. The van der Waals surface area contributed by atoms with Crippen LogP contribution in [0, 0.1) is 0 Å². The Morgan fingerprint density at radius 1 is 1.37 bits per heavy atom. The number of halogens is 1. The molecule has 0 radical (unpaired) electrons. The monoisotopic (exact) mass is 350 g/mol. The molecular formula is C12H23BrN2O3Si. The highest BCUT2D eigenvalue weighted by molar-refractivity contribution is 9.09. The minimum atomic E-state index is -1.83. The van der Waals surface area contributed by atoms with Gasteiger partial charge in [-0.05, 0) is 18.1 Å². The molecule has 0 saturated carbocycles. The lowest BCUT2D eigenvalue weighted by atomic mass is 10.2. The van der Waals surface area contributed by atoms with E-state index in [1.54, 1.807) is 0 Å². The molecule has 0 bridgehead atoms. The van der Waals surface area contributed by atoms with Gasteiger partial charge in [0.2, 0.25) is 0 Å². The number of imide groups is 1. The first-order valence-electron chi connectivity index (χ1n) is 6.42. The quantitative estimate of drug-likeness (QED) is 0.470. The molecule has 0 aromatic heterocycles. The van der Waals surface area contributed by atoms with E-state index in [2.05, 4.69) is 55.1 Å². The van der Waals surface area contributed by atoms with Gasteiger partial charge in [-0.3, -0.25) is 9.69 Å². The van der Waals surface area contributed by atoms with Crippen molar-refractivity contribution in [2.75, 3.05) is 18.5 Å². The third kappa shape index (κ3) is 3.79. The molecule has 1 saturated heterocycles. The Morgan fingerprint density at radius 2 is 1.95 bits per heavy atom. The van der Waals surface area contributed by atoms with E-state index in [0.29, 0.717) is 18.5 Å². The summed E-state index contributed by atoms with van der Waals surface area (Å²) in [5.41, 5.74) is 0. The fraction of sp³-hybridized carbons (Fsp3) is 0.833. The van der Waals surface area contributed by atoms with Crippen LogP contribution < -0.4 is 5.32 Å². The minimum absolute atomic E-state index is 0.128. The van der Waals surface area contributed by atoms with Crippen LogP contribution in [0.5, 0.6) is 0 Å². The molecule has 0 aromatic rings. The van der Waals surface area contributed by atoms with Gasteiger partial charge in [0, 0.05) is 5.33 Å². The van der Waals surface area contributed by atoms with Crippen LogP contribution in [0.3, 0.4) is 0 Å². The Morgan fingerprint density at radius 3 is 2.37 bits per heavy atom. The number of rotatable bonds is 5. The van der Waals surface area contributed by atoms with Gasteiger partial charge in [-0.25, -0.2) is 4.79 Å². The zero-order valence-corrected chi connectivity index (χ0v) is 14.8. The minimum Gasteiger partial charge on any atom is -0.415 e. The molecule has 1 heterocycles. The summed E-state index contributed by atoms with van der Waals surface area (Å²) in [6, 6.07) is -0.770. The van der Waals surface area contributed by atoms with Crippen molar-refractivity contribution in [3.8, 4) is 0 Å². The van der Waals surface area contributed by atoms with Gasteiger partial charge in [0.1, 0.15) is 6.04 Å². The maximum atomic E-state index is 11.9. The number of carbonyl (C=O) groups excluding carboxylic acids is 2. The molecule has 1 aliphatic heterocycles. The Balaban J connectivity index is 2.50. The zero-order valence-electron chi connectivity index (χ0n) is 12.2. The molecule has 110 valence electrons. The summed E-state index contributed by atoms with van der Waals surface area (Å²) in [6.07, 6.45) is 0. The summed E-state index contributed by atoms with van der Waals surface area (Å²) in [4.78, 5) is 24.7. The summed E-state index contributed by atoms with van der Waals surface area (Å²) in [5, 5.41) is 3.20. The summed E-state index contributed by atoms with van der Waals surface area (Å²) >= 11 is 3.21. The maximum Gasteiger partial charge on any atom is 0.324 e. The molecule has 1 rings (SSSR count). The summed E-state index contributed by atoms with van der Waals surface area (Å²) in [7, 11) is -1.83. The third-order valence-electron chi connectivity index (χ3n) is 3.85. The number of amides is 3. The lowest BCUT2D eigenvalue weighted by Gasteiger charge is -2.36. The Hall–Kier alpha value is -0.403. The molecule has 1 aliphatic rings. The molecule has 0 aromatic carbocycles. The second-order valence-electron chi connectivity index (χ2n) is 6.26. The average molecular weight is 351 g/mol. The first-order valence-corrected chi connectivity index (χ1v) is 10.4. The highest BCUT2D eigenvalue weighted by Crippen LogP contribution is 2.36. The van der Waals surface area contributed by atoms with Crippen molar-refractivity contribution in [2.24, 2.45) is 0 Å². The first kappa shape index (κ1) is 16.7.